The van der Waals surface area contributed by atoms with Gasteiger partial charge in [0.1, 0.15) is 23.2 Å². The van der Waals surface area contributed by atoms with E-state index in [0.29, 0.717) is 17.7 Å². The summed E-state index contributed by atoms with van der Waals surface area (Å²) in [6.45, 7) is 5.35. The van der Waals surface area contributed by atoms with Crippen LogP contribution >= 0.6 is 0 Å². The number of carbonyl (C=O) groups is 2. The monoisotopic (exact) mass is 339 g/mol. The minimum atomic E-state index is -1.16. The maximum Gasteiger partial charge on any atom is 0.411 e. The molecule has 2 unspecified atom stereocenters. The predicted octanol–water partition coefficient (Wildman–Crippen LogP) is 3.01. The van der Waals surface area contributed by atoms with Gasteiger partial charge in [-0.15, -0.1) is 0 Å². The first-order chi connectivity index (χ1) is 11.1. The van der Waals surface area contributed by atoms with E-state index in [1.807, 2.05) is 0 Å². The third kappa shape index (κ3) is 3.77. The lowest BCUT2D eigenvalue weighted by atomic mass is 9.91. The first kappa shape index (κ1) is 18.0. The van der Waals surface area contributed by atoms with Gasteiger partial charge in [-0.3, -0.25) is 4.90 Å². The second kappa shape index (κ2) is 6.67. The van der Waals surface area contributed by atoms with E-state index in [4.69, 9.17) is 9.47 Å². The number of methoxy groups -OCH3 is 1. The fourth-order valence-electron chi connectivity index (χ4n) is 2.94. The molecule has 1 aliphatic rings. The van der Waals surface area contributed by atoms with E-state index < -0.39 is 35.4 Å². The minimum absolute atomic E-state index is 0.218. The molecule has 1 aromatic rings. The van der Waals surface area contributed by atoms with Gasteiger partial charge < -0.3 is 14.6 Å². The Morgan fingerprint density at radius 3 is 2.54 bits per heavy atom. The molecule has 1 saturated heterocycles. The molecule has 24 heavy (non-hydrogen) atoms. The number of benzene rings is 1. The standard InChI is InChI=1S/C17H22FNO5/c1-17(2,3)24-16(22)19-8-7-11(14(19)15(20)21)12-9-10(18)5-6-13(12)23-4/h5-6,9,11,14H,7-8H2,1-4H3,(H,20,21). The van der Waals surface area contributed by atoms with Crippen LogP contribution in [0.4, 0.5) is 9.18 Å². The van der Waals surface area contributed by atoms with Crippen molar-refractivity contribution in [3.05, 3.63) is 29.6 Å². The van der Waals surface area contributed by atoms with Crippen molar-refractivity contribution < 1.29 is 28.6 Å². The highest BCUT2D eigenvalue weighted by Crippen LogP contribution is 2.39. The van der Waals surface area contributed by atoms with Gasteiger partial charge in [0.15, 0.2) is 0 Å². The van der Waals surface area contributed by atoms with Gasteiger partial charge in [0, 0.05) is 18.0 Å². The van der Waals surface area contributed by atoms with E-state index in [2.05, 4.69) is 0 Å². The Labute approximate surface area is 140 Å². The molecule has 0 saturated carbocycles. The van der Waals surface area contributed by atoms with Gasteiger partial charge in [-0.1, -0.05) is 0 Å². The zero-order valence-electron chi connectivity index (χ0n) is 14.2. The average molecular weight is 339 g/mol. The average Bonchev–Trinajstić information content (AvgIpc) is 2.90. The number of likely N-dealkylation sites (tertiary alicyclic amines) is 1. The summed E-state index contributed by atoms with van der Waals surface area (Å²) < 4.78 is 24.1. The normalized spacial score (nSPS) is 20.8. The number of amides is 1. The van der Waals surface area contributed by atoms with Crippen molar-refractivity contribution in [3.8, 4) is 5.75 Å². The van der Waals surface area contributed by atoms with Crippen LogP contribution in [0.5, 0.6) is 5.75 Å². The Bertz CT molecular complexity index is 640. The largest absolute Gasteiger partial charge is 0.496 e. The Hall–Kier alpha value is -2.31. The van der Waals surface area contributed by atoms with E-state index in [-0.39, 0.29) is 6.54 Å². The molecular weight excluding hydrogens is 317 g/mol. The molecule has 1 heterocycles. The van der Waals surface area contributed by atoms with Crippen molar-refractivity contribution in [3.63, 3.8) is 0 Å². The zero-order valence-corrected chi connectivity index (χ0v) is 14.2. The number of carboxylic acid groups (broad SMARTS) is 1. The lowest BCUT2D eigenvalue weighted by molar-refractivity contribution is -0.142. The van der Waals surface area contributed by atoms with E-state index in [9.17, 15) is 19.1 Å². The predicted molar refractivity (Wildman–Crippen MR) is 84.7 cm³/mol. The molecule has 1 aromatic carbocycles. The van der Waals surface area contributed by atoms with Crippen LogP contribution in [0, 0.1) is 5.82 Å². The molecule has 6 nitrogen and oxygen atoms in total. The van der Waals surface area contributed by atoms with Gasteiger partial charge in [0.05, 0.1) is 7.11 Å². The van der Waals surface area contributed by atoms with Crippen molar-refractivity contribution in [2.75, 3.05) is 13.7 Å². The molecule has 0 bridgehead atoms. The van der Waals surface area contributed by atoms with Crippen LogP contribution < -0.4 is 4.74 Å². The summed E-state index contributed by atoms with van der Waals surface area (Å²) in [6.07, 6.45) is -0.302. The topological polar surface area (TPSA) is 76.1 Å². The summed E-state index contributed by atoms with van der Waals surface area (Å²) in [5.41, 5.74) is -0.287. The lowest BCUT2D eigenvalue weighted by Gasteiger charge is -2.28. The number of rotatable bonds is 3. The summed E-state index contributed by atoms with van der Waals surface area (Å²) in [5.74, 6) is -1.81. The van der Waals surface area contributed by atoms with E-state index in [1.54, 1.807) is 20.8 Å². The van der Waals surface area contributed by atoms with Gasteiger partial charge in [-0.2, -0.15) is 0 Å². The molecule has 0 aromatic heterocycles. The van der Waals surface area contributed by atoms with Crippen LogP contribution in [-0.4, -0.2) is 47.4 Å². The number of hydrogen-bond donors (Lipinski definition) is 1. The third-order valence-electron chi connectivity index (χ3n) is 3.87. The van der Waals surface area contributed by atoms with Crippen molar-refractivity contribution in [2.24, 2.45) is 0 Å². The number of halogens is 1. The molecule has 132 valence electrons. The molecule has 0 spiro atoms. The van der Waals surface area contributed by atoms with Crippen LogP contribution in [-0.2, 0) is 9.53 Å². The number of carbonyl (C=O) groups excluding carboxylic acids is 1. The molecular formula is C17H22FNO5. The first-order valence-corrected chi connectivity index (χ1v) is 7.70. The van der Waals surface area contributed by atoms with Crippen molar-refractivity contribution in [2.45, 2.75) is 44.8 Å². The van der Waals surface area contributed by atoms with Gasteiger partial charge in [-0.05, 0) is 45.4 Å². The zero-order chi connectivity index (χ0) is 18.1. The van der Waals surface area contributed by atoms with E-state index >= 15 is 0 Å². The maximum absolute atomic E-state index is 13.6. The molecule has 1 aliphatic heterocycles. The molecule has 1 N–H and O–H groups in total. The SMILES string of the molecule is COc1ccc(F)cc1C1CCN(C(=O)OC(C)(C)C)C1C(=O)O. The highest BCUT2D eigenvalue weighted by Gasteiger charge is 2.45. The van der Waals surface area contributed by atoms with E-state index in [0.717, 1.165) is 0 Å². The van der Waals surface area contributed by atoms with Gasteiger partial charge >= 0.3 is 12.1 Å². The maximum atomic E-state index is 13.6. The molecule has 0 radical (unpaired) electrons. The molecule has 0 aliphatic carbocycles. The quantitative estimate of drug-likeness (QED) is 0.916. The van der Waals surface area contributed by atoms with Crippen molar-refractivity contribution >= 4 is 12.1 Å². The van der Waals surface area contributed by atoms with Gasteiger partial charge in [0.25, 0.3) is 0 Å². The summed E-state index contributed by atoms with van der Waals surface area (Å²) in [6, 6.07) is 2.84. The fraction of sp³-hybridized carbons (Fsp3) is 0.529. The van der Waals surface area contributed by atoms with Crippen LogP contribution in [0.15, 0.2) is 18.2 Å². The van der Waals surface area contributed by atoms with Gasteiger partial charge in [0.2, 0.25) is 0 Å². The van der Waals surface area contributed by atoms with E-state index in [1.165, 1.54) is 30.2 Å². The fourth-order valence-corrected chi connectivity index (χ4v) is 2.94. The van der Waals surface area contributed by atoms with Crippen LogP contribution in [0.1, 0.15) is 38.7 Å². The number of nitrogens with zero attached hydrogens (tertiary/aromatic N) is 1. The lowest BCUT2D eigenvalue weighted by Crippen LogP contribution is -2.45. The summed E-state index contributed by atoms with van der Waals surface area (Å²) >= 11 is 0. The smallest absolute Gasteiger partial charge is 0.411 e. The van der Waals surface area contributed by atoms with Crippen LogP contribution in [0.3, 0.4) is 0 Å². The van der Waals surface area contributed by atoms with Crippen LogP contribution in [0.25, 0.3) is 0 Å². The Morgan fingerprint density at radius 1 is 1.33 bits per heavy atom. The molecule has 2 atom stereocenters. The molecule has 7 heteroatoms. The molecule has 2 rings (SSSR count). The summed E-state index contributed by atoms with van der Waals surface area (Å²) in [4.78, 5) is 25.3. The Morgan fingerprint density at radius 2 is 2.00 bits per heavy atom. The number of aliphatic carboxylic acids is 1. The highest BCUT2D eigenvalue weighted by molar-refractivity contribution is 5.82. The minimum Gasteiger partial charge on any atom is -0.496 e. The van der Waals surface area contributed by atoms with Gasteiger partial charge in [-0.25, -0.2) is 14.0 Å². The van der Waals surface area contributed by atoms with Crippen LogP contribution in [0.2, 0.25) is 0 Å². The Kier molecular flexibility index (Phi) is 5.01. The molecule has 1 fully saturated rings. The molecule has 1 amide bonds. The first-order valence-electron chi connectivity index (χ1n) is 7.70. The van der Waals surface area contributed by atoms with Crippen molar-refractivity contribution in [1.29, 1.82) is 0 Å². The number of ether oxygens (including phenoxy) is 2. The van der Waals surface area contributed by atoms with Crippen molar-refractivity contribution in [1.82, 2.24) is 4.90 Å². The third-order valence-corrected chi connectivity index (χ3v) is 3.87. The summed E-state index contributed by atoms with van der Waals surface area (Å²) in [5, 5.41) is 9.61. The number of carboxylic acids is 1. The summed E-state index contributed by atoms with van der Waals surface area (Å²) in [7, 11) is 1.44. The number of hydrogen-bond acceptors (Lipinski definition) is 4. The second-order valence-electron chi connectivity index (χ2n) is 6.74. The Balaban J connectivity index is 2.35. The highest BCUT2D eigenvalue weighted by atomic mass is 19.1. The second-order valence-corrected chi connectivity index (χ2v) is 6.74.